The van der Waals surface area contributed by atoms with Gasteiger partial charge in [-0.2, -0.15) is 0 Å². The summed E-state index contributed by atoms with van der Waals surface area (Å²) in [5.41, 5.74) is 5.66. The average Bonchev–Trinajstić information content (AvgIpc) is 2.99. The van der Waals surface area contributed by atoms with E-state index in [0.29, 0.717) is 16.1 Å². The Morgan fingerprint density at radius 1 is 0.821 bits per heavy atom. The van der Waals surface area contributed by atoms with Crippen LogP contribution >= 0.6 is 11.6 Å². The summed E-state index contributed by atoms with van der Waals surface area (Å²) in [7, 11) is -3.05. The maximum Gasteiger partial charge on any atom is 0.323 e. The standard InChI is InChI=1S/C21H17ClN2O3S/c1-28(26,27)12-13-2-4-14(5-3-13)15-6-8-16(9-7-15)17-10-19-20(11-18(17)22)24-21(25)23-19/h2-11H,12H2,1H3,(H2,23,24,25). The molecule has 28 heavy (non-hydrogen) atoms. The monoisotopic (exact) mass is 412 g/mol. The van der Waals surface area contributed by atoms with Gasteiger partial charge in [-0.3, -0.25) is 0 Å². The average molecular weight is 413 g/mol. The Hall–Kier alpha value is -2.83. The molecule has 0 amide bonds. The van der Waals surface area contributed by atoms with Gasteiger partial charge in [0.1, 0.15) is 0 Å². The van der Waals surface area contributed by atoms with Gasteiger partial charge in [-0.05, 0) is 34.4 Å². The molecule has 0 saturated carbocycles. The molecule has 1 aromatic heterocycles. The summed E-state index contributed by atoms with van der Waals surface area (Å²) in [5.74, 6) is 0.0362. The molecule has 0 aliphatic carbocycles. The van der Waals surface area contributed by atoms with E-state index in [1.165, 1.54) is 6.26 Å². The van der Waals surface area contributed by atoms with E-state index in [1.54, 1.807) is 6.07 Å². The van der Waals surface area contributed by atoms with Crippen molar-refractivity contribution in [1.82, 2.24) is 9.97 Å². The van der Waals surface area contributed by atoms with Crippen LogP contribution < -0.4 is 5.69 Å². The van der Waals surface area contributed by atoms with E-state index in [4.69, 9.17) is 11.6 Å². The van der Waals surface area contributed by atoms with Crippen molar-refractivity contribution < 1.29 is 8.42 Å². The van der Waals surface area contributed by atoms with Crippen LogP contribution in [0.15, 0.2) is 65.5 Å². The van der Waals surface area contributed by atoms with Crippen molar-refractivity contribution in [3.8, 4) is 22.3 Å². The Morgan fingerprint density at radius 3 is 1.89 bits per heavy atom. The van der Waals surface area contributed by atoms with Gasteiger partial charge in [-0.15, -0.1) is 0 Å². The minimum atomic E-state index is -3.05. The number of hydrogen-bond donors (Lipinski definition) is 2. The first-order chi connectivity index (χ1) is 13.3. The van der Waals surface area contributed by atoms with E-state index in [-0.39, 0.29) is 11.4 Å². The van der Waals surface area contributed by atoms with Gasteiger partial charge in [-0.25, -0.2) is 13.2 Å². The number of halogens is 1. The van der Waals surface area contributed by atoms with Crippen LogP contribution in [-0.2, 0) is 15.6 Å². The molecule has 0 saturated heterocycles. The lowest BCUT2D eigenvalue weighted by atomic mass is 9.99. The maximum atomic E-state index is 11.5. The van der Waals surface area contributed by atoms with Gasteiger partial charge >= 0.3 is 5.69 Å². The van der Waals surface area contributed by atoms with Gasteiger partial charge in [0.15, 0.2) is 9.84 Å². The lowest BCUT2D eigenvalue weighted by Crippen LogP contribution is -2.00. The van der Waals surface area contributed by atoms with Crippen LogP contribution in [0.5, 0.6) is 0 Å². The number of benzene rings is 3. The van der Waals surface area contributed by atoms with Crippen LogP contribution in [-0.4, -0.2) is 24.6 Å². The predicted octanol–water partition coefficient (Wildman–Crippen LogP) is 4.39. The molecule has 5 nitrogen and oxygen atoms in total. The largest absolute Gasteiger partial charge is 0.323 e. The quantitative estimate of drug-likeness (QED) is 0.521. The van der Waals surface area contributed by atoms with E-state index >= 15 is 0 Å². The Kier molecular flexibility index (Phi) is 4.61. The summed E-state index contributed by atoms with van der Waals surface area (Å²) in [6, 6.07) is 19.0. The minimum absolute atomic E-state index is 0.0362. The fraction of sp³-hybridized carbons (Fsp3) is 0.0952. The van der Waals surface area contributed by atoms with E-state index in [2.05, 4.69) is 9.97 Å². The molecule has 0 aliphatic heterocycles. The molecule has 4 aromatic rings. The Labute approximate surface area is 166 Å². The molecule has 3 aromatic carbocycles. The van der Waals surface area contributed by atoms with Crippen LogP contribution in [0.4, 0.5) is 0 Å². The molecule has 0 fully saturated rings. The number of sulfone groups is 1. The second-order valence-electron chi connectivity index (χ2n) is 6.80. The number of hydrogen-bond acceptors (Lipinski definition) is 3. The van der Waals surface area contributed by atoms with Gasteiger partial charge in [0, 0.05) is 11.8 Å². The van der Waals surface area contributed by atoms with Gasteiger partial charge in [0.05, 0.1) is 21.8 Å². The van der Waals surface area contributed by atoms with E-state index in [0.717, 1.165) is 27.8 Å². The second-order valence-corrected chi connectivity index (χ2v) is 9.35. The third-order valence-corrected chi connectivity index (χ3v) is 5.69. The normalized spacial score (nSPS) is 11.8. The highest BCUT2D eigenvalue weighted by molar-refractivity contribution is 7.89. The number of imidazole rings is 1. The highest BCUT2D eigenvalue weighted by atomic mass is 35.5. The topological polar surface area (TPSA) is 82.8 Å². The van der Waals surface area contributed by atoms with Crippen molar-refractivity contribution in [2.24, 2.45) is 0 Å². The molecule has 0 spiro atoms. The summed E-state index contributed by atoms with van der Waals surface area (Å²) in [6.45, 7) is 0. The smallest absolute Gasteiger partial charge is 0.306 e. The predicted molar refractivity (Wildman–Crippen MR) is 113 cm³/mol. The fourth-order valence-electron chi connectivity index (χ4n) is 3.22. The Morgan fingerprint density at radius 2 is 1.32 bits per heavy atom. The minimum Gasteiger partial charge on any atom is -0.306 e. The van der Waals surface area contributed by atoms with Crippen LogP contribution in [0.3, 0.4) is 0 Å². The van der Waals surface area contributed by atoms with Crippen molar-refractivity contribution in [2.75, 3.05) is 6.26 Å². The van der Waals surface area contributed by atoms with Crippen molar-refractivity contribution >= 4 is 32.5 Å². The number of rotatable bonds is 4. The van der Waals surface area contributed by atoms with Crippen LogP contribution in [0.25, 0.3) is 33.3 Å². The molecule has 0 aliphatic rings. The second kappa shape index (κ2) is 6.96. The molecule has 7 heteroatoms. The van der Waals surface area contributed by atoms with Gasteiger partial charge in [0.25, 0.3) is 0 Å². The lowest BCUT2D eigenvalue weighted by molar-refractivity contribution is 0.601. The number of aromatic nitrogens is 2. The Balaban J connectivity index is 1.64. The Bertz CT molecular complexity index is 1320. The van der Waals surface area contributed by atoms with Crippen molar-refractivity contribution in [3.05, 3.63) is 81.7 Å². The summed E-state index contributed by atoms with van der Waals surface area (Å²) in [6.07, 6.45) is 1.23. The maximum absolute atomic E-state index is 11.5. The highest BCUT2D eigenvalue weighted by Gasteiger charge is 2.09. The zero-order valence-electron chi connectivity index (χ0n) is 15.0. The first-order valence-corrected chi connectivity index (χ1v) is 11.0. The molecule has 0 bridgehead atoms. The van der Waals surface area contributed by atoms with Gasteiger partial charge < -0.3 is 9.97 Å². The summed E-state index contributed by atoms with van der Waals surface area (Å²) >= 11 is 6.39. The molecule has 0 unspecified atom stereocenters. The summed E-state index contributed by atoms with van der Waals surface area (Å²) < 4.78 is 22.8. The van der Waals surface area contributed by atoms with Crippen LogP contribution in [0, 0.1) is 0 Å². The molecule has 0 radical (unpaired) electrons. The van der Waals surface area contributed by atoms with Gasteiger partial charge in [-0.1, -0.05) is 60.1 Å². The van der Waals surface area contributed by atoms with E-state index in [1.807, 2.05) is 54.6 Å². The summed E-state index contributed by atoms with van der Waals surface area (Å²) in [5, 5.41) is 0.556. The molecule has 142 valence electrons. The lowest BCUT2D eigenvalue weighted by Gasteiger charge is -2.08. The SMILES string of the molecule is CS(=O)(=O)Cc1ccc(-c2ccc(-c3cc4[nH]c(=O)[nH]c4cc3Cl)cc2)cc1. The van der Waals surface area contributed by atoms with Crippen molar-refractivity contribution in [2.45, 2.75) is 5.75 Å². The van der Waals surface area contributed by atoms with E-state index in [9.17, 15) is 13.2 Å². The summed E-state index contributed by atoms with van der Waals surface area (Å²) in [4.78, 5) is 16.9. The zero-order valence-corrected chi connectivity index (χ0v) is 16.6. The number of nitrogens with one attached hydrogen (secondary N) is 2. The van der Waals surface area contributed by atoms with E-state index < -0.39 is 9.84 Å². The molecule has 1 heterocycles. The van der Waals surface area contributed by atoms with Crippen molar-refractivity contribution in [3.63, 3.8) is 0 Å². The first-order valence-electron chi connectivity index (χ1n) is 8.57. The molecular weight excluding hydrogens is 396 g/mol. The fourth-order valence-corrected chi connectivity index (χ4v) is 4.29. The molecule has 0 atom stereocenters. The number of fused-ring (bicyclic) bond motifs is 1. The van der Waals surface area contributed by atoms with Gasteiger partial charge in [0.2, 0.25) is 0 Å². The third-order valence-electron chi connectivity index (χ3n) is 4.52. The molecule has 2 N–H and O–H groups in total. The number of H-pyrrole nitrogens is 2. The highest BCUT2D eigenvalue weighted by Crippen LogP contribution is 2.32. The number of aromatic amines is 2. The van der Waals surface area contributed by atoms with Crippen molar-refractivity contribution in [1.29, 1.82) is 0 Å². The van der Waals surface area contributed by atoms with Crippen LogP contribution in [0.1, 0.15) is 5.56 Å². The molecular formula is C21H17ClN2O3S. The zero-order chi connectivity index (χ0) is 19.9. The van der Waals surface area contributed by atoms with Crippen LogP contribution in [0.2, 0.25) is 5.02 Å². The first kappa shape index (κ1) is 18.5. The third kappa shape index (κ3) is 3.88. The molecule has 4 rings (SSSR count).